The van der Waals surface area contributed by atoms with Crippen LogP contribution in [-0.4, -0.2) is 0 Å². The Balaban J connectivity index is 2.49. The third kappa shape index (κ3) is 1.85. The number of alkyl halides is 3. The normalized spacial score (nSPS) is 19.0. The molecule has 2 N–H and O–H groups in total. The van der Waals surface area contributed by atoms with Gasteiger partial charge in [-0.1, -0.05) is 30.4 Å². The quantitative estimate of drug-likeness (QED) is 0.732. The van der Waals surface area contributed by atoms with Crippen LogP contribution in [0.4, 0.5) is 13.2 Å². The van der Waals surface area contributed by atoms with Crippen LogP contribution in [0.25, 0.3) is 0 Å². The predicted molar refractivity (Wildman–Crippen MR) is 55.7 cm³/mol. The zero-order valence-corrected chi connectivity index (χ0v) is 8.59. The van der Waals surface area contributed by atoms with Crippen molar-refractivity contribution in [1.29, 1.82) is 0 Å². The highest BCUT2D eigenvalue weighted by Gasteiger charge is 2.39. The van der Waals surface area contributed by atoms with Crippen molar-refractivity contribution in [1.82, 2.24) is 0 Å². The van der Waals surface area contributed by atoms with E-state index in [1.807, 2.05) is 12.2 Å². The van der Waals surface area contributed by atoms with Crippen LogP contribution in [0.3, 0.4) is 0 Å². The lowest BCUT2D eigenvalue weighted by Crippen LogP contribution is -2.35. The van der Waals surface area contributed by atoms with Gasteiger partial charge in [-0.2, -0.15) is 13.2 Å². The highest BCUT2D eigenvalue weighted by Crippen LogP contribution is 2.40. The van der Waals surface area contributed by atoms with E-state index in [2.05, 4.69) is 0 Å². The SMILES string of the molecule is NC1(c2ccccc2C(F)(F)F)CC=CC1. The first-order valence-electron chi connectivity index (χ1n) is 5.04. The Labute approximate surface area is 91.8 Å². The van der Waals surface area contributed by atoms with Gasteiger partial charge in [-0.3, -0.25) is 0 Å². The van der Waals surface area contributed by atoms with Crippen molar-refractivity contribution in [2.45, 2.75) is 24.6 Å². The van der Waals surface area contributed by atoms with Crippen LogP contribution in [-0.2, 0) is 11.7 Å². The second-order valence-electron chi connectivity index (χ2n) is 4.08. The molecule has 1 aromatic carbocycles. The van der Waals surface area contributed by atoms with Gasteiger partial charge in [0.05, 0.1) is 5.56 Å². The second-order valence-corrected chi connectivity index (χ2v) is 4.08. The molecule has 0 saturated carbocycles. The van der Waals surface area contributed by atoms with Gasteiger partial charge >= 0.3 is 6.18 Å². The standard InChI is InChI=1S/C12H12F3N/c13-12(14,15)10-6-2-1-5-9(10)11(16)7-3-4-8-11/h1-6H,7-8,16H2. The van der Waals surface area contributed by atoms with Crippen LogP contribution < -0.4 is 5.73 Å². The van der Waals surface area contributed by atoms with Crippen molar-refractivity contribution in [2.75, 3.05) is 0 Å². The van der Waals surface area contributed by atoms with E-state index >= 15 is 0 Å². The summed E-state index contributed by atoms with van der Waals surface area (Å²) in [7, 11) is 0. The van der Waals surface area contributed by atoms with Gasteiger partial charge in [-0.05, 0) is 24.5 Å². The Hall–Kier alpha value is -1.29. The molecule has 0 atom stereocenters. The average Bonchev–Trinajstić information content (AvgIpc) is 2.65. The number of nitrogens with two attached hydrogens (primary N) is 1. The van der Waals surface area contributed by atoms with E-state index in [1.54, 1.807) is 6.07 Å². The Kier molecular flexibility index (Phi) is 2.54. The monoisotopic (exact) mass is 227 g/mol. The molecule has 0 aliphatic heterocycles. The zero-order valence-electron chi connectivity index (χ0n) is 8.59. The van der Waals surface area contributed by atoms with E-state index in [9.17, 15) is 13.2 Å². The summed E-state index contributed by atoms with van der Waals surface area (Å²) in [6, 6.07) is 5.54. The molecule has 1 aliphatic rings. The lowest BCUT2D eigenvalue weighted by Gasteiger charge is -2.27. The average molecular weight is 227 g/mol. The second kappa shape index (κ2) is 3.63. The molecule has 0 saturated heterocycles. The van der Waals surface area contributed by atoms with Gasteiger partial charge in [-0.25, -0.2) is 0 Å². The number of hydrogen-bond donors (Lipinski definition) is 1. The minimum Gasteiger partial charge on any atom is -0.321 e. The van der Waals surface area contributed by atoms with Gasteiger partial charge in [-0.15, -0.1) is 0 Å². The van der Waals surface area contributed by atoms with Crippen LogP contribution in [0, 0.1) is 0 Å². The summed E-state index contributed by atoms with van der Waals surface area (Å²) in [6.07, 6.45) is 0.228. The highest BCUT2D eigenvalue weighted by atomic mass is 19.4. The summed E-state index contributed by atoms with van der Waals surface area (Å²) >= 11 is 0. The molecule has 0 radical (unpaired) electrons. The van der Waals surface area contributed by atoms with Crippen LogP contribution in [0.2, 0.25) is 0 Å². The summed E-state index contributed by atoms with van der Waals surface area (Å²) in [5.41, 5.74) is 4.68. The molecule has 2 rings (SSSR count). The summed E-state index contributed by atoms with van der Waals surface area (Å²) < 4.78 is 38.4. The molecule has 86 valence electrons. The first-order chi connectivity index (χ1) is 7.43. The predicted octanol–water partition coefficient (Wildman–Crippen LogP) is 3.21. The van der Waals surface area contributed by atoms with Gasteiger partial charge in [0.15, 0.2) is 0 Å². The molecule has 16 heavy (non-hydrogen) atoms. The maximum Gasteiger partial charge on any atom is 0.416 e. The molecule has 0 bridgehead atoms. The van der Waals surface area contributed by atoms with Crippen molar-refractivity contribution >= 4 is 0 Å². The molecule has 1 aliphatic carbocycles. The molecular formula is C12H12F3N. The molecule has 0 spiro atoms. The van der Waals surface area contributed by atoms with Crippen molar-refractivity contribution in [3.05, 3.63) is 47.5 Å². The van der Waals surface area contributed by atoms with E-state index in [4.69, 9.17) is 5.73 Å². The van der Waals surface area contributed by atoms with Crippen molar-refractivity contribution in [2.24, 2.45) is 5.73 Å². The van der Waals surface area contributed by atoms with Crippen LogP contribution in [0.15, 0.2) is 36.4 Å². The third-order valence-corrected chi connectivity index (χ3v) is 2.90. The molecule has 0 heterocycles. The zero-order chi connectivity index (χ0) is 11.8. The van der Waals surface area contributed by atoms with Gasteiger partial charge in [0.1, 0.15) is 0 Å². The van der Waals surface area contributed by atoms with E-state index in [-0.39, 0.29) is 5.56 Å². The van der Waals surface area contributed by atoms with Crippen LogP contribution in [0.5, 0.6) is 0 Å². The Morgan fingerprint density at radius 1 is 1.06 bits per heavy atom. The number of halogens is 3. The van der Waals surface area contributed by atoms with E-state index in [1.165, 1.54) is 12.1 Å². The molecule has 1 nitrogen and oxygen atoms in total. The van der Waals surface area contributed by atoms with Crippen LogP contribution in [0.1, 0.15) is 24.0 Å². The molecule has 0 unspecified atom stereocenters. The molecule has 4 heteroatoms. The molecule has 0 fully saturated rings. The van der Waals surface area contributed by atoms with Crippen molar-refractivity contribution < 1.29 is 13.2 Å². The minimum absolute atomic E-state index is 0.188. The minimum atomic E-state index is -4.34. The van der Waals surface area contributed by atoms with Gasteiger partial charge in [0.2, 0.25) is 0 Å². The fraction of sp³-hybridized carbons (Fsp3) is 0.333. The summed E-state index contributed by atoms with van der Waals surface area (Å²) in [4.78, 5) is 0. The smallest absolute Gasteiger partial charge is 0.321 e. The lowest BCUT2D eigenvalue weighted by atomic mass is 9.85. The molecule has 0 amide bonds. The van der Waals surface area contributed by atoms with Crippen molar-refractivity contribution in [3.8, 4) is 0 Å². The summed E-state index contributed by atoms with van der Waals surface area (Å²) in [5, 5.41) is 0. The highest BCUT2D eigenvalue weighted by molar-refractivity contribution is 5.38. The van der Waals surface area contributed by atoms with Gasteiger partial charge in [0, 0.05) is 5.54 Å². The van der Waals surface area contributed by atoms with Crippen LogP contribution >= 0.6 is 0 Å². The van der Waals surface area contributed by atoms with Gasteiger partial charge < -0.3 is 5.73 Å². The van der Waals surface area contributed by atoms with Crippen molar-refractivity contribution in [3.63, 3.8) is 0 Å². The lowest BCUT2D eigenvalue weighted by molar-refractivity contribution is -0.138. The molecular weight excluding hydrogens is 215 g/mol. The van der Waals surface area contributed by atoms with E-state index < -0.39 is 17.3 Å². The number of hydrogen-bond acceptors (Lipinski definition) is 1. The van der Waals surface area contributed by atoms with E-state index in [0.717, 1.165) is 6.07 Å². The van der Waals surface area contributed by atoms with E-state index in [0.29, 0.717) is 12.8 Å². The topological polar surface area (TPSA) is 26.0 Å². The number of rotatable bonds is 1. The Morgan fingerprint density at radius 2 is 1.62 bits per heavy atom. The summed E-state index contributed by atoms with van der Waals surface area (Å²) in [6.45, 7) is 0. The van der Waals surface area contributed by atoms with Gasteiger partial charge in [0.25, 0.3) is 0 Å². The fourth-order valence-electron chi connectivity index (χ4n) is 2.05. The molecule has 0 aromatic heterocycles. The Bertz CT molecular complexity index is 413. The maximum atomic E-state index is 12.8. The maximum absolute atomic E-state index is 12.8. The summed E-state index contributed by atoms with van der Waals surface area (Å²) in [5.74, 6) is 0. The third-order valence-electron chi connectivity index (χ3n) is 2.90. The first-order valence-corrected chi connectivity index (χ1v) is 5.04. The molecule has 1 aromatic rings. The Morgan fingerprint density at radius 3 is 2.19 bits per heavy atom. The largest absolute Gasteiger partial charge is 0.416 e. The fourth-order valence-corrected chi connectivity index (χ4v) is 2.05. The first kappa shape index (κ1) is 11.2. The number of benzene rings is 1.